The van der Waals surface area contributed by atoms with Crippen LogP contribution in [0.5, 0.6) is 0 Å². The summed E-state index contributed by atoms with van der Waals surface area (Å²) in [5.74, 6) is 0.858. The number of carbonyl (C=O) groups excluding carboxylic acids is 1. The van der Waals surface area contributed by atoms with Gasteiger partial charge in [-0.05, 0) is 51.2 Å². The minimum atomic E-state index is -0.210. The zero-order chi connectivity index (χ0) is 20.1. The van der Waals surface area contributed by atoms with Gasteiger partial charge in [-0.15, -0.1) is 23.7 Å². The Morgan fingerprint density at radius 2 is 1.90 bits per heavy atom. The van der Waals surface area contributed by atoms with E-state index in [2.05, 4.69) is 41.7 Å². The minimum Gasteiger partial charge on any atom is -0.360 e. The second kappa shape index (κ2) is 7.85. The van der Waals surface area contributed by atoms with E-state index in [1.807, 2.05) is 6.92 Å². The van der Waals surface area contributed by atoms with E-state index in [1.165, 1.54) is 16.0 Å². The van der Waals surface area contributed by atoms with Gasteiger partial charge in [-0.1, -0.05) is 35.0 Å². The molecule has 0 atom stereocenters. The van der Waals surface area contributed by atoms with Gasteiger partial charge in [0.05, 0.1) is 11.3 Å². The van der Waals surface area contributed by atoms with Crippen LogP contribution in [0.15, 0.2) is 34.9 Å². The number of hydrogen-bond acceptors (Lipinski definition) is 5. The molecule has 1 aromatic carbocycles. The van der Waals surface area contributed by atoms with Crippen molar-refractivity contribution in [3.63, 3.8) is 0 Å². The van der Waals surface area contributed by atoms with Crippen molar-refractivity contribution >= 4 is 45.7 Å². The van der Waals surface area contributed by atoms with E-state index in [0.29, 0.717) is 17.1 Å². The number of nitrogens with one attached hydrogen (secondary N) is 1. The molecule has 0 bridgehead atoms. The summed E-state index contributed by atoms with van der Waals surface area (Å²) in [6, 6.07) is 10.1. The summed E-state index contributed by atoms with van der Waals surface area (Å²) in [7, 11) is 0. The van der Waals surface area contributed by atoms with Gasteiger partial charge >= 0.3 is 0 Å². The van der Waals surface area contributed by atoms with Gasteiger partial charge in [0.25, 0.3) is 5.91 Å². The predicted octanol–water partition coefficient (Wildman–Crippen LogP) is 6.04. The Morgan fingerprint density at radius 1 is 1.13 bits per heavy atom. The molecule has 0 unspecified atom stereocenters. The summed E-state index contributed by atoms with van der Waals surface area (Å²) in [6.07, 6.45) is 3.31. The van der Waals surface area contributed by atoms with Crippen LogP contribution >= 0.6 is 23.7 Å². The van der Waals surface area contributed by atoms with Crippen molar-refractivity contribution in [1.82, 2.24) is 10.1 Å². The fraction of sp³-hybridized carbons (Fsp3) is 0.261. The predicted molar refractivity (Wildman–Crippen MR) is 123 cm³/mol. The van der Waals surface area contributed by atoms with Crippen LogP contribution in [0.4, 0.5) is 5.82 Å². The third-order valence-electron chi connectivity index (χ3n) is 5.47. The van der Waals surface area contributed by atoms with Gasteiger partial charge in [0.15, 0.2) is 5.82 Å². The molecule has 3 aromatic heterocycles. The summed E-state index contributed by atoms with van der Waals surface area (Å²) < 4.78 is 5.10. The van der Waals surface area contributed by atoms with E-state index in [4.69, 9.17) is 9.51 Å². The average molecular weight is 440 g/mol. The summed E-state index contributed by atoms with van der Waals surface area (Å²) >= 11 is 1.77. The van der Waals surface area contributed by atoms with Crippen molar-refractivity contribution in [1.29, 1.82) is 0 Å². The van der Waals surface area contributed by atoms with Crippen LogP contribution in [0.1, 0.15) is 44.2 Å². The lowest BCUT2D eigenvalue weighted by Gasteiger charge is -2.15. The fourth-order valence-electron chi connectivity index (χ4n) is 4.13. The molecule has 0 saturated heterocycles. The molecule has 5 rings (SSSR count). The molecule has 0 fully saturated rings. The van der Waals surface area contributed by atoms with Crippen LogP contribution in [0.3, 0.4) is 0 Å². The molecule has 1 N–H and O–H groups in total. The summed E-state index contributed by atoms with van der Waals surface area (Å²) in [5, 5.41) is 7.93. The van der Waals surface area contributed by atoms with E-state index >= 15 is 0 Å². The van der Waals surface area contributed by atoms with Crippen LogP contribution in [-0.2, 0) is 12.8 Å². The lowest BCUT2D eigenvalue weighted by molar-refractivity contribution is 0.102. The van der Waals surface area contributed by atoms with E-state index in [9.17, 15) is 4.79 Å². The number of nitrogens with zero attached hydrogens (tertiary/aromatic N) is 2. The first-order chi connectivity index (χ1) is 14.0. The number of aryl methyl sites for hydroxylation is 5. The van der Waals surface area contributed by atoms with Gasteiger partial charge in [0.1, 0.15) is 10.6 Å². The smallest absolute Gasteiger partial charge is 0.259 e. The van der Waals surface area contributed by atoms with Gasteiger partial charge in [-0.25, -0.2) is 4.98 Å². The standard InChI is InChI=1S/C23H21N3O2S.ClH/c1-12-7-9-15(10-8-12)20-19(22(27)25-18-11-13(2)28-26-18)14(3)24-23-21(20)16-5-4-6-17(16)29-23;/h7-11H,4-6H2,1-3H3,(H,25,26,27);1H. The molecule has 1 amide bonds. The summed E-state index contributed by atoms with van der Waals surface area (Å²) in [4.78, 5) is 20.6. The van der Waals surface area contributed by atoms with Crippen LogP contribution in [0.2, 0.25) is 0 Å². The highest BCUT2D eigenvalue weighted by atomic mass is 35.5. The molecule has 0 aliphatic heterocycles. The summed E-state index contributed by atoms with van der Waals surface area (Å²) in [5.41, 5.74) is 5.90. The minimum absolute atomic E-state index is 0. The number of hydrogen-bond donors (Lipinski definition) is 1. The Morgan fingerprint density at radius 3 is 2.60 bits per heavy atom. The highest BCUT2D eigenvalue weighted by Crippen LogP contribution is 2.43. The molecule has 154 valence electrons. The maximum Gasteiger partial charge on any atom is 0.259 e. The molecule has 0 saturated carbocycles. The Bertz CT molecular complexity index is 1260. The molecule has 0 spiro atoms. The van der Waals surface area contributed by atoms with Crippen LogP contribution in [-0.4, -0.2) is 16.0 Å². The molecular formula is C23H22ClN3O2S. The number of benzene rings is 1. The summed E-state index contributed by atoms with van der Waals surface area (Å²) in [6.45, 7) is 5.78. The SMILES string of the molecule is Cc1ccc(-c2c(C(=O)Nc3cc(C)on3)c(C)nc3sc4c(c23)CCC4)cc1.Cl. The molecule has 3 heterocycles. The third-order valence-corrected chi connectivity index (χ3v) is 6.66. The molecule has 1 aliphatic carbocycles. The quantitative estimate of drug-likeness (QED) is 0.422. The molecule has 4 aromatic rings. The Labute approximate surface area is 184 Å². The number of aromatic nitrogens is 2. The van der Waals surface area contributed by atoms with Crippen LogP contribution in [0.25, 0.3) is 21.3 Å². The van der Waals surface area contributed by atoms with Gasteiger partial charge in [0, 0.05) is 21.9 Å². The van der Waals surface area contributed by atoms with Crippen molar-refractivity contribution < 1.29 is 9.32 Å². The number of carbonyl (C=O) groups is 1. The van der Waals surface area contributed by atoms with Crippen LogP contribution < -0.4 is 5.32 Å². The lowest BCUT2D eigenvalue weighted by Crippen LogP contribution is -2.16. The van der Waals surface area contributed by atoms with Crippen molar-refractivity contribution in [3.8, 4) is 11.1 Å². The number of thiophene rings is 1. The largest absolute Gasteiger partial charge is 0.360 e. The molecule has 0 radical (unpaired) electrons. The lowest BCUT2D eigenvalue weighted by atomic mass is 9.93. The monoisotopic (exact) mass is 439 g/mol. The van der Waals surface area contributed by atoms with Gasteiger partial charge in [-0.3, -0.25) is 4.79 Å². The number of pyridine rings is 1. The second-order valence-electron chi connectivity index (χ2n) is 7.63. The molecule has 7 heteroatoms. The van der Waals surface area contributed by atoms with E-state index in [0.717, 1.165) is 46.3 Å². The van der Waals surface area contributed by atoms with Gasteiger partial charge in [-0.2, -0.15) is 0 Å². The molecule has 5 nitrogen and oxygen atoms in total. The highest BCUT2D eigenvalue weighted by molar-refractivity contribution is 7.19. The fourth-order valence-corrected chi connectivity index (χ4v) is 5.45. The molecule has 1 aliphatic rings. The Hall–Kier alpha value is -2.70. The van der Waals surface area contributed by atoms with Crippen molar-refractivity contribution in [2.45, 2.75) is 40.0 Å². The normalized spacial score (nSPS) is 12.6. The second-order valence-corrected chi connectivity index (χ2v) is 8.71. The number of amides is 1. The van der Waals surface area contributed by atoms with E-state index < -0.39 is 0 Å². The first-order valence-electron chi connectivity index (χ1n) is 9.78. The maximum atomic E-state index is 13.3. The van der Waals surface area contributed by atoms with Crippen molar-refractivity contribution in [3.05, 3.63) is 63.4 Å². The number of halogens is 1. The number of rotatable bonds is 3. The number of anilines is 1. The van der Waals surface area contributed by atoms with Crippen LogP contribution in [0, 0.1) is 20.8 Å². The van der Waals surface area contributed by atoms with Gasteiger partial charge in [0.2, 0.25) is 0 Å². The first kappa shape index (κ1) is 20.6. The Kier molecular flexibility index (Phi) is 5.38. The van der Waals surface area contributed by atoms with Gasteiger partial charge < -0.3 is 9.84 Å². The number of fused-ring (bicyclic) bond motifs is 3. The average Bonchev–Trinajstić information content (AvgIpc) is 3.37. The van der Waals surface area contributed by atoms with E-state index in [-0.39, 0.29) is 18.3 Å². The molecular weight excluding hydrogens is 418 g/mol. The van der Waals surface area contributed by atoms with Crippen molar-refractivity contribution in [2.24, 2.45) is 0 Å². The first-order valence-corrected chi connectivity index (χ1v) is 10.6. The third kappa shape index (κ3) is 3.40. The topological polar surface area (TPSA) is 68.0 Å². The Balaban J connectivity index is 0.00000218. The zero-order valence-electron chi connectivity index (χ0n) is 17.0. The maximum absolute atomic E-state index is 13.3. The van der Waals surface area contributed by atoms with E-state index in [1.54, 1.807) is 24.3 Å². The zero-order valence-corrected chi connectivity index (χ0v) is 18.7. The highest BCUT2D eigenvalue weighted by Gasteiger charge is 2.27. The van der Waals surface area contributed by atoms with Crippen molar-refractivity contribution in [2.75, 3.05) is 5.32 Å². The molecule has 30 heavy (non-hydrogen) atoms.